The lowest BCUT2D eigenvalue weighted by Crippen LogP contribution is -1.98. The minimum Gasteiger partial charge on any atom is -0.221 e. The lowest BCUT2D eigenvalue weighted by molar-refractivity contribution is 0.581. The summed E-state index contributed by atoms with van der Waals surface area (Å²) in [5.74, 6) is 0. The van der Waals surface area contributed by atoms with Crippen molar-refractivity contribution in [3.8, 4) is 0 Å². The topological polar surface area (TPSA) is 56.5 Å². The first-order chi connectivity index (χ1) is 7.20. The molecule has 0 radical (unpaired) electrons. The molecular weight excluding hydrogens is 366 g/mol. The Hall–Kier alpha value is 0.01000. The maximum absolute atomic E-state index is 4.30. The minimum atomic E-state index is 0.753. The lowest BCUT2D eigenvalue weighted by Gasteiger charge is -1.96. The van der Waals surface area contributed by atoms with Crippen LogP contribution in [0.1, 0.15) is 6.92 Å². The van der Waals surface area contributed by atoms with Crippen molar-refractivity contribution in [1.29, 1.82) is 0 Å². The maximum Gasteiger partial charge on any atom is 0.216 e. The summed E-state index contributed by atoms with van der Waals surface area (Å²) in [7, 11) is 0. The van der Waals surface area contributed by atoms with E-state index in [9.17, 15) is 0 Å². The van der Waals surface area contributed by atoms with Crippen molar-refractivity contribution in [2.45, 2.75) is 23.0 Å². The monoisotopic (exact) mass is 369 g/mol. The Balaban J connectivity index is 2.21. The van der Waals surface area contributed by atoms with Gasteiger partial charge < -0.3 is 0 Å². The van der Waals surface area contributed by atoms with Crippen LogP contribution in [0.4, 0.5) is 0 Å². The fourth-order valence-electron chi connectivity index (χ4n) is 0.855. The Morgan fingerprint density at radius 3 is 2.87 bits per heavy atom. The van der Waals surface area contributed by atoms with Gasteiger partial charge in [0.05, 0.1) is 0 Å². The van der Waals surface area contributed by atoms with E-state index in [1.807, 2.05) is 6.92 Å². The molecule has 15 heavy (non-hydrogen) atoms. The van der Waals surface area contributed by atoms with Gasteiger partial charge in [-0.2, -0.15) is 0 Å². The van der Waals surface area contributed by atoms with Crippen LogP contribution in [0.15, 0.2) is 17.9 Å². The van der Waals surface area contributed by atoms with Gasteiger partial charge in [-0.3, -0.25) is 0 Å². The molecule has 0 saturated heterocycles. The molecule has 5 nitrogen and oxygen atoms in total. The van der Waals surface area contributed by atoms with Crippen LogP contribution >= 0.6 is 55.0 Å². The van der Waals surface area contributed by atoms with Gasteiger partial charge in [0, 0.05) is 6.54 Å². The molecule has 0 unspecified atom stereocenters. The van der Waals surface area contributed by atoms with Crippen molar-refractivity contribution in [3.63, 3.8) is 0 Å². The van der Waals surface area contributed by atoms with E-state index in [0.29, 0.717) is 0 Å². The van der Waals surface area contributed by atoms with Crippen LogP contribution in [0.5, 0.6) is 0 Å². The third kappa shape index (κ3) is 2.58. The number of thiazole rings is 1. The Morgan fingerprint density at radius 2 is 2.27 bits per heavy atom. The Labute approximate surface area is 111 Å². The summed E-state index contributed by atoms with van der Waals surface area (Å²) in [5, 5.41) is 12.1. The van der Waals surface area contributed by atoms with Gasteiger partial charge in [-0.05, 0) is 61.0 Å². The average molecular weight is 371 g/mol. The Morgan fingerprint density at radius 1 is 1.47 bits per heavy atom. The van der Waals surface area contributed by atoms with E-state index < -0.39 is 0 Å². The molecule has 0 aliphatic heterocycles. The van der Waals surface area contributed by atoms with Gasteiger partial charge in [0.1, 0.15) is 8.39 Å². The number of halogens is 2. The number of rotatable bonds is 3. The van der Waals surface area contributed by atoms with Crippen molar-refractivity contribution >= 4 is 55.0 Å². The number of aryl methyl sites for hydroxylation is 1. The molecule has 2 rings (SSSR count). The third-order valence-electron chi connectivity index (χ3n) is 1.51. The van der Waals surface area contributed by atoms with Gasteiger partial charge in [0.2, 0.25) is 5.16 Å². The number of hydrogen-bond acceptors (Lipinski definition) is 6. The summed E-state index contributed by atoms with van der Waals surface area (Å²) in [6.45, 7) is 2.75. The molecule has 0 spiro atoms. The van der Waals surface area contributed by atoms with Gasteiger partial charge in [-0.15, -0.1) is 5.10 Å². The molecule has 2 heterocycles. The van der Waals surface area contributed by atoms with Crippen LogP contribution in [0.3, 0.4) is 0 Å². The van der Waals surface area contributed by atoms with E-state index in [1.54, 1.807) is 16.0 Å². The molecule has 2 aromatic rings. The van der Waals surface area contributed by atoms with Gasteiger partial charge in [-0.25, -0.2) is 9.67 Å². The lowest BCUT2D eigenvalue weighted by atomic mass is 10.8. The predicted octanol–water partition coefficient (Wildman–Crippen LogP) is 2.83. The van der Waals surface area contributed by atoms with E-state index in [4.69, 9.17) is 0 Å². The standard InChI is InChI=1S/C6H5Br2N5S2/c1-2-13-5(10-11-12-13)15-6-9-3(7)4(8)14-6/h2H2,1H3. The van der Waals surface area contributed by atoms with E-state index in [0.717, 1.165) is 24.4 Å². The van der Waals surface area contributed by atoms with Gasteiger partial charge >= 0.3 is 0 Å². The molecule has 0 aromatic carbocycles. The summed E-state index contributed by atoms with van der Waals surface area (Å²) in [6.07, 6.45) is 0. The summed E-state index contributed by atoms with van der Waals surface area (Å²) in [5.41, 5.74) is 0. The fraction of sp³-hybridized carbons (Fsp3) is 0.333. The largest absolute Gasteiger partial charge is 0.221 e. The second-order valence-electron chi connectivity index (χ2n) is 2.42. The Bertz CT molecular complexity index is 448. The molecule has 0 fully saturated rings. The molecule has 0 amide bonds. The normalized spacial score (nSPS) is 10.9. The summed E-state index contributed by atoms with van der Waals surface area (Å²) in [6, 6.07) is 0. The highest BCUT2D eigenvalue weighted by atomic mass is 79.9. The SMILES string of the molecule is CCn1nnnc1Sc1nc(Br)c(Br)s1. The first-order valence-corrected chi connectivity index (χ1v) is 7.18. The molecule has 9 heteroatoms. The maximum atomic E-state index is 4.30. The predicted molar refractivity (Wildman–Crippen MR) is 65.1 cm³/mol. The van der Waals surface area contributed by atoms with E-state index in [-0.39, 0.29) is 0 Å². The zero-order valence-electron chi connectivity index (χ0n) is 7.52. The molecule has 0 atom stereocenters. The van der Waals surface area contributed by atoms with Crippen molar-refractivity contribution in [1.82, 2.24) is 25.2 Å². The first-order valence-electron chi connectivity index (χ1n) is 3.96. The number of nitrogens with zero attached hydrogens (tertiary/aromatic N) is 5. The summed E-state index contributed by atoms with van der Waals surface area (Å²) < 4.78 is 4.41. The van der Waals surface area contributed by atoms with Crippen LogP contribution in [0.2, 0.25) is 0 Å². The second kappa shape index (κ2) is 4.89. The smallest absolute Gasteiger partial charge is 0.216 e. The van der Waals surface area contributed by atoms with E-state index >= 15 is 0 Å². The summed E-state index contributed by atoms with van der Waals surface area (Å²) >= 11 is 9.73. The highest BCUT2D eigenvalue weighted by Gasteiger charge is 2.12. The van der Waals surface area contributed by atoms with Crippen molar-refractivity contribution in [2.75, 3.05) is 0 Å². The van der Waals surface area contributed by atoms with Crippen LogP contribution in [0, 0.1) is 0 Å². The molecule has 0 aliphatic rings. The molecule has 0 N–H and O–H groups in total. The highest BCUT2D eigenvalue weighted by Crippen LogP contribution is 2.36. The minimum absolute atomic E-state index is 0.753. The molecule has 2 aromatic heterocycles. The van der Waals surface area contributed by atoms with E-state index in [1.165, 1.54) is 11.8 Å². The first kappa shape index (κ1) is 11.5. The van der Waals surface area contributed by atoms with Gasteiger partial charge in [0.25, 0.3) is 0 Å². The zero-order valence-corrected chi connectivity index (χ0v) is 12.3. The molecule has 0 saturated carbocycles. The van der Waals surface area contributed by atoms with Gasteiger partial charge in [0.15, 0.2) is 4.34 Å². The summed E-state index contributed by atoms with van der Waals surface area (Å²) in [4.78, 5) is 4.30. The quantitative estimate of drug-likeness (QED) is 0.831. The third-order valence-corrected chi connectivity index (χ3v) is 5.61. The fourth-order valence-corrected chi connectivity index (χ4v) is 4.08. The van der Waals surface area contributed by atoms with Crippen molar-refractivity contribution in [2.24, 2.45) is 0 Å². The number of hydrogen-bond donors (Lipinski definition) is 0. The molecule has 0 aliphatic carbocycles. The van der Waals surface area contributed by atoms with Crippen LogP contribution in [-0.4, -0.2) is 25.2 Å². The van der Waals surface area contributed by atoms with Crippen LogP contribution in [0.25, 0.3) is 0 Å². The average Bonchev–Trinajstić information content (AvgIpc) is 2.75. The highest BCUT2D eigenvalue weighted by molar-refractivity contribution is 9.13. The van der Waals surface area contributed by atoms with Crippen LogP contribution < -0.4 is 0 Å². The zero-order chi connectivity index (χ0) is 10.8. The van der Waals surface area contributed by atoms with E-state index in [2.05, 4.69) is 52.4 Å². The molecule has 0 bridgehead atoms. The molecule has 80 valence electrons. The van der Waals surface area contributed by atoms with Gasteiger partial charge in [-0.1, -0.05) is 11.3 Å². The van der Waals surface area contributed by atoms with Crippen LogP contribution in [-0.2, 0) is 6.54 Å². The van der Waals surface area contributed by atoms with Crippen molar-refractivity contribution in [3.05, 3.63) is 8.39 Å². The van der Waals surface area contributed by atoms with Crippen molar-refractivity contribution < 1.29 is 0 Å². The number of tetrazole rings is 1. The molecular formula is C6H5Br2N5S2. The number of aromatic nitrogens is 5. The second-order valence-corrected chi connectivity index (χ2v) is 6.71. The Kier molecular flexibility index (Phi) is 3.75.